The number of sulfone groups is 1. The standard InChI is InChI=1S/C12H13ClN2O2S/c13-11-6-9(7-14)3-4-12(11)15-10-2-1-5-18(16,17)8-10/h3-4,6,10,15H,1-2,5,8H2. The minimum atomic E-state index is -2.94. The van der Waals surface area contributed by atoms with Crippen molar-refractivity contribution in [2.75, 3.05) is 16.8 Å². The van der Waals surface area contributed by atoms with Crippen LogP contribution in [-0.4, -0.2) is 26.0 Å². The van der Waals surface area contributed by atoms with Crippen molar-refractivity contribution in [2.24, 2.45) is 0 Å². The lowest BCUT2D eigenvalue weighted by Crippen LogP contribution is -2.34. The average molecular weight is 285 g/mol. The zero-order valence-electron chi connectivity index (χ0n) is 9.69. The lowest BCUT2D eigenvalue weighted by atomic mass is 10.1. The van der Waals surface area contributed by atoms with Crippen LogP contribution in [0, 0.1) is 11.3 Å². The van der Waals surface area contributed by atoms with E-state index in [2.05, 4.69) is 5.32 Å². The first-order valence-electron chi connectivity index (χ1n) is 5.67. The Kier molecular flexibility index (Phi) is 3.79. The van der Waals surface area contributed by atoms with Gasteiger partial charge in [0, 0.05) is 6.04 Å². The zero-order chi connectivity index (χ0) is 13.2. The molecular formula is C12H13ClN2O2S. The second-order valence-electron chi connectivity index (χ2n) is 4.40. The van der Waals surface area contributed by atoms with Crippen LogP contribution in [0.2, 0.25) is 5.02 Å². The molecule has 0 aromatic heterocycles. The summed E-state index contributed by atoms with van der Waals surface area (Å²) >= 11 is 6.04. The summed E-state index contributed by atoms with van der Waals surface area (Å²) in [5.74, 6) is 0.412. The number of halogens is 1. The third kappa shape index (κ3) is 3.15. The predicted octanol–water partition coefficient (Wildman–Crippen LogP) is 2.20. The summed E-state index contributed by atoms with van der Waals surface area (Å²) in [4.78, 5) is 0. The minimum Gasteiger partial charge on any atom is -0.380 e. The van der Waals surface area contributed by atoms with Gasteiger partial charge in [0.25, 0.3) is 0 Å². The summed E-state index contributed by atoms with van der Waals surface area (Å²) in [5.41, 5.74) is 1.17. The molecule has 1 aromatic carbocycles. The van der Waals surface area contributed by atoms with Gasteiger partial charge >= 0.3 is 0 Å². The maximum Gasteiger partial charge on any atom is 0.152 e. The van der Waals surface area contributed by atoms with E-state index in [0.29, 0.717) is 22.7 Å². The van der Waals surface area contributed by atoms with Gasteiger partial charge in [-0.3, -0.25) is 0 Å². The van der Waals surface area contributed by atoms with Crippen LogP contribution in [0.1, 0.15) is 18.4 Å². The maximum absolute atomic E-state index is 11.5. The molecule has 0 amide bonds. The number of hydrogen-bond acceptors (Lipinski definition) is 4. The number of rotatable bonds is 2. The molecule has 1 aliphatic heterocycles. The van der Waals surface area contributed by atoms with Crippen molar-refractivity contribution in [2.45, 2.75) is 18.9 Å². The molecule has 6 heteroatoms. The van der Waals surface area contributed by atoms with Gasteiger partial charge in [0.15, 0.2) is 9.84 Å². The fourth-order valence-electron chi connectivity index (χ4n) is 2.06. The Morgan fingerprint density at radius 3 is 2.83 bits per heavy atom. The average Bonchev–Trinajstić information content (AvgIpc) is 2.30. The predicted molar refractivity (Wildman–Crippen MR) is 71.5 cm³/mol. The maximum atomic E-state index is 11.5. The summed E-state index contributed by atoms with van der Waals surface area (Å²) in [6.45, 7) is 0. The number of nitrogens with zero attached hydrogens (tertiary/aromatic N) is 1. The molecule has 0 spiro atoms. The van der Waals surface area contributed by atoms with E-state index in [1.165, 1.54) is 0 Å². The minimum absolute atomic E-state index is 0.103. The largest absolute Gasteiger partial charge is 0.380 e. The molecule has 1 aliphatic rings. The highest BCUT2D eigenvalue weighted by molar-refractivity contribution is 7.91. The first-order chi connectivity index (χ1) is 8.50. The molecule has 1 atom stereocenters. The SMILES string of the molecule is N#Cc1ccc(NC2CCCS(=O)(=O)C2)c(Cl)c1. The highest BCUT2D eigenvalue weighted by Gasteiger charge is 2.24. The third-order valence-corrected chi connectivity index (χ3v) is 5.05. The van der Waals surface area contributed by atoms with Crippen LogP contribution < -0.4 is 5.32 Å². The van der Waals surface area contributed by atoms with Gasteiger partial charge in [-0.05, 0) is 31.0 Å². The molecular weight excluding hydrogens is 272 g/mol. The van der Waals surface area contributed by atoms with E-state index in [4.69, 9.17) is 16.9 Å². The number of benzene rings is 1. The third-order valence-electron chi connectivity index (χ3n) is 2.92. The molecule has 1 N–H and O–H groups in total. The summed E-state index contributed by atoms with van der Waals surface area (Å²) in [6.07, 6.45) is 1.49. The van der Waals surface area contributed by atoms with Gasteiger partial charge in [0.2, 0.25) is 0 Å². The molecule has 96 valence electrons. The highest BCUT2D eigenvalue weighted by atomic mass is 35.5. The van der Waals surface area contributed by atoms with Gasteiger partial charge in [-0.2, -0.15) is 5.26 Å². The van der Waals surface area contributed by atoms with Crippen molar-refractivity contribution in [1.29, 1.82) is 5.26 Å². The quantitative estimate of drug-likeness (QED) is 0.904. The lowest BCUT2D eigenvalue weighted by Gasteiger charge is -2.24. The Morgan fingerprint density at radius 2 is 2.22 bits per heavy atom. The van der Waals surface area contributed by atoms with Crippen molar-refractivity contribution in [3.05, 3.63) is 28.8 Å². The van der Waals surface area contributed by atoms with E-state index in [1.807, 2.05) is 6.07 Å². The van der Waals surface area contributed by atoms with E-state index < -0.39 is 9.84 Å². The summed E-state index contributed by atoms with van der Waals surface area (Å²) in [5, 5.41) is 12.3. The number of hydrogen-bond donors (Lipinski definition) is 1. The van der Waals surface area contributed by atoms with Crippen molar-refractivity contribution < 1.29 is 8.42 Å². The molecule has 1 aromatic rings. The normalized spacial score (nSPS) is 22.1. The van der Waals surface area contributed by atoms with E-state index in [-0.39, 0.29) is 17.5 Å². The first kappa shape index (κ1) is 13.2. The van der Waals surface area contributed by atoms with Crippen LogP contribution in [0.3, 0.4) is 0 Å². The molecule has 1 saturated heterocycles. The van der Waals surface area contributed by atoms with Crippen LogP contribution >= 0.6 is 11.6 Å². The van der Waals surface area contributed by atoms with Gasteiger partial charge in [-0.25, -0.2) is 8.42 Å². The van der Waals surface area contributed by atoms with Crippen molar-refractivity contribution in [3.63, 3.8) is 0 Å². The van der Waals surface area contributed by atoms with Crippen molar-refractivity contribution in [3.8, 4) is 6.07 Å². The molecule has 0 saturated carbocycles. The first-order valence-corrected chi connectivity index (χ1v) is 7.87. The molecule has 0 bridgehead atoms. The molecule has 18 heavy (non-hydrogen) atoms. The van der Waals surface area contributed by atoms with Gasteiger partial charge in [-0.15, -0.1) is 0 Å². The molecule has 1 fully saturated rings. The van der Waals surface area contributed by atoms with Gasteiger partial charge in [0.1, 0.15) is 0 Å². The zero-order valence-corrected chi connectivity index (χ0v) is 11.3. The van der Waals surface area contributed by atoms with Crippen LogP contribution in [0.15, 0.2) is 18.2 Å². The lowest BCUT2D eigenvalue weighted by molar-refractivity contribution is 0.562. The molecule has 0 radical (unpaired) electrons. The van der Waals surface area contributed by atoms with Gasteiger partial charge < -0.3 is 5.32 Å². The summed E-state index contributed by atoms with van der Waals surface area (Å²) in [7, 11) is -2.94. The molecule has 4 nitrogen and oxygen atoms in total. The Balaban J connectivity index is 2.12. The van der Waals surface area contributed by atoms with E-state index in [1.54, 1.807) is 18.2 Å². The Morgan fingerprint density at radius 1 is 1.44 bits per heavy atom. The number of anilines is 1. The Hall–Kier alpha value is -1.25. The summed E-state index contributed by atoms with van der Waals surface area (Å²) < 4.78 is 23.0. The smallest absolute Gasteiger partial charge is 0.152 e. The molecule has 0 aliphatic carbocycles. The fourth-order valence-corrected chi connectivity index (χ4v) is 3.93. The molecule has 1 unspecified atom stereocenters. The highest BCUT2D eigenvalue weighted by Crippen LogP contribution is 2.25. The monoisotopic (exact) mass is 284 g/mol. The van der Waals surface area contributed by atoms with Crippen LogP contribution in [0.5, 0.6) is 0 Å². The second kappa shape index (κ2) is 5.17. The van der Waals surface area contributed by atoms with Gasteiger partial charge in [-0.1, -0.05) is 11.6 Å². The Labute approximate surface area is 111 Å². The van der Waals surface area contributed by atoms with Crippen LogP contribution in [0.4, 0.5) is 5.69 Å². The Bertz CT molecular complexity index is 593. The van der Waals surface area contributed by atoms with Crippen molar-refractivity contribution in [1.82, 2.24) is 0 Å². The molecule has 2 rings (SSSR count). The second-order valence-corrected chi connectivity index (χ2v) is 7.04. The van der Waals surface area contributed by atoms with E-state index >= 15 is 0 Å². The van der Waals surface area contributed by atoms with E-state index in [9.17, 15) is 8.42 Å². The number of nitrogens with one attached hydrogen (secondary N) is 1. The summed E-state index contributed by atoms with van der Waals surface area (Å²) in [6, 6.07) is 6.84. The van der Waals surface area contributed by atoms with Crippen molar-refractivity contribution >= 4 is 27.1 Å². The number of nitriles is 1. The fraction of sp³-hybridized carbons (Fsp3) is 0.417. The van der Waals surface area contributed by atoms with Gasteiger partial charge in [0.05, 0.1) is 33.8 Å². The molecule has 1 heterocycles. The van der Waals surface area contributed by atoms with E-state index in [0.717, 1.165) is 6.42 Å². The van der Waals surface area contributed by atoms with Crippen LogP contribution in [0.25, 0.3) is 0 Å². The van der Waals surface area contributed by atoms with Crippen LogP contribution in [-0.2, 0) is 9.84 Å². The topological polar surface area (TPSA) is 70.0 Å².